The molecule has 3 heteroatoms. The van der Waals surface area contributed by atoms with E-state index in [0.29, 0.717) is 12.1 Å². The monoisotopic (exact) mass is 160 g/mol. The normalized spacial score (nSPS) is 15.7. The molecule has 2 heterocycles. The van der Waals surface area contributed by atoms with E-state index in [-0.39, 0.29) is 5.78 Å². The Morgan fingerprint density at radius 2 is 2.33 bits per heavy atom. The maximum absolute atomic E-state index is 11.2. The fraction of sp³-hybridized carbons (Fsp3) is 0.111. The van der Waals surface area contributed by atoms with Gasteiger partial charge in [0.1, 0.15) is 0 Å². The molecule has 0 spiro atoms. The summed E-state index contributed by atoms with van der Waals surface area (Å²) in [7, 11) is 0. The minimum Gasteiger partial charge on any atom is -0.383 e. The van der Waals surface area contributed by atoms with Crippen LogP contribution in [0.4, 0.5) is 0 Å². The van der Waals surface area contributed by atoms with Crippen molar-refractivity contribution >= 4 is 11.4 Å². The van der Waals surface area contributed by atoms with Gasteiger partial charge in [0.05, 0.1) is 17.8 Å². The quantitative estimate of drug-likeness (QED) is 0.654. The van der Waals surface area contributed by atoms with E-state index in [1.165, 1.54) is 0 Å². The van der Waals surface area contributed by atoms with E-state index >= 15 is 0 Å². The van der Waals surface area contributed by atoms with Crippen molar-refractivity contribution in [3.8, 4) is 0 Å². The number of rotatable bonds is 1. The van der Waals surface area contributed by atoms with Gasteiger partial charge < -0.3 is 5.32 Å². The van der Waals surface area contributed by atoms with E-state index in [1.54, 1.807) is 12.4 Å². The molecule has 60 valence electrons. The SMILES string of the molecule is O=C1CNC=C1c1ccccn1. The zero-order valence-corrected chi connectivity index (χ0v) is 6.45. The number of pyridine rings is 1. The summed E-state index contributed by atoms with van der Waals surface area (Å²) in [5, 5.41) is 2.87. The van der Waals surface area contributed by atoms with Crippen molar-refractivity contribution in [2.75, 3.05) is 6.54 Å². The largest absolute Gasteiger partial charge is 0.383 e. The van der Waals surface area contributed by atoms with Crippen LogP contribution in [0, 0.1) is 0 Å². The third-order valence-corrected chi connectivity index (χ3v) is 1.75. The summed E-state index contributed by atoms with van der Waals surface area (Å²) in [6, 6.07) is 5.53. The van der Waals surface area contributed by atoms with Crippen molar-refractivity contribution in [2.45, 2.75) is 0 Å². The molecule has 3 nitrogen and oxygen atoms in total. The highest BCUT2D eigenvalue weighted by molar-refractivity contribution is 6.22. The second-order valence-corrected chi connectivity index (χ2v) is 2.58. The van der Waals surface area contributed by atoms with Gasteiger partial charge in [-0.2, -0.15) is 0 Å². The van der Waals surface area contributed by atoms with E-state index < -0.39 is 0 Å². The fourth-order valence-electron chi connectivity index (χ4n) is 1.16. The molecule has 2 rings (SSSR count). The van der Waals surface area contributed by atoms with Crippen molar-refractivity contribution in [3.63, 3.8) is 0 Å². The Bertz CT molecular complexity index is 330. The van der Waals surface area contributed by atoms with Gasteiger partial charge in [-0.25, -0.2) is 0 Å². The molecule has 12 heavy (non-hydrogen) atoms. The summed E-state index contributed by atoms with van der Waals surface area (Å²) >= 11 is 0. The van der Waals surface area contributed by atoms with Crippen LogP contribution in [0.2, 0.25) is 0 Å². The summed E-state index contributed by atoms with van der Waals surface area (Å²) < 4.78 is 0. The summed E-state index contributed by atoms with van der Waals surface area (Å²) in [5.74, 6) is 0.105. The zero-order chi connectivity index (χ0) is 8.39. The molecule has 1 aliphatic rings. The number of carbonyl (C=O) groups is 1. The standard InChI is InChI=1S/C9H8N2O/c12-9-6-10-5-7(9)8-3-1-2-4-11-8/h1-5,10H,6H2. The van der Waals surface area contributed by atoms with E-state index in [2.05, 4.69) is 10.3 Å². The van der Waals surface area contributed by atoms with Crippen molar-refractivity contribution < 1.29 is 4.79 Å². The molecule has 1 aliphatic heterocycles. The van der Waals surface area contributed by atoms with Crippen LogP contribution in [-0.4, -0.2) is 17.3 Å². The summed E-state index contributed by atoms with van der Waals surface area (Å²) in [6.07, 6.45) is 3.40. The van der Waals surface area contributed by atoms with Crippen molar-refractivity contribution in [2.24, 2.45) is 0 Å². The average Bonchev–Trinajstić information content (AvgIpc) is 2.53. The maximum Gasteiger partial charge on any atom is 0.185 e. The first-order valence-electron chi connectivity index (χ1n) is 3.76. The molecule has 0 unspecified atom stereocenters. The number of Topliss-reactive ketones (excluding diaryl/α,β-unsaturated/α-hetero) is 1. The first-order valence-corrected chi connectivity index (χ1v) is 3.76. The second-order valence-electron chi connectivity index (χ2n) is 2.58. The van der Waals surface area contributed by atoms with Gasteiger partial charge in [0.2, 0.25) is 0 Å². The molecule has 1 aromatic rings. The van der Waals surface area contributed by atoms with Crippen LogP contribution in [0.25, 0.3) is 5.57 Å². The molecule has 0 saturated carbocycles. The molecule has 0 amide bonds. The van der Waals surface area contributed by atoms with Crippen LogP contribution in [0.15, 0.2) is 30.6 Å². The highest BCUT2D eigenvalue weighted by atomic mass is 16.1. The van der Waals surface area contributed by atoms with Gasteiger partial charge in [0.25, 0.3) is 0 Å². The predicted molar refractivity (Wildman–Crippen MR) is 45.2 cm³/mol. The second kappa shape index (κ2) is 2.77. The Balaban J connectivity index is 2.38. The molecule has 0 atom stereocenters. The predicted octanol–water partition coefficient (Wildman–Crippen LogP) is 0.595. The molecule has 1 N–H and O–H groups in total. The summed E-state index contributed by atoms with van der Waals surface area (Å²) in [4.78, 5) is 15.3. The minimum absolute atomic E-state index is 0.105. The van der Waals surface area contributed by atoms with E-state index in [9.17, 15) is 4.79 Å². The lowest BCUT2D eigenvalue weighted by Crippen LogP contribution is -2.08. The number of aromatic nitrogens is 1. The highest BCUT2D eigenvalue weighted by Gasteiger charge is 2.16. The number of hydrogen-bond acceptors (Lipinski definition) is 3. The van der Waals surface area contributed by atoms with Gasteiger partial charge in [0, 0.05) is 12.4 Å². The van der Waals surface area contributed by atoms with E-state index in [4.69, 9.17) is 0 Å². The topological polar surface area (TPSA) is 42.0 Å². The van der Waals surface area contributed by atoms with Crippen LogP contribution in [0.1, 0.15) is 5.69 Å². The number of hydrogen-bond donors (Lipinski definition) is 1. The van der Waals surface area contributed by atoms with Gasteiger partial charge in [-0.1, -0.05) is 6.07 Å². The van der Waals surface area contributed by atoms with Crippen molar-refractivity contribution in [1.82, 2.24) is 10.3 Å². The van der Waals surface area contributed by atoms with Gasteiger partial charge in [-0.3, -0.25) is 9.78 Å². The molecule has 0 bridgehead atoms. The summed E-state index contributed by atoms with van der Waals surface area (Å²) in [5.41, 5.74) is 1.42. The molecule has 0 radical (unpaired) electrons. The van der Waals surface area contributed by atoms with E-state index in [1.807, 2.05) is 18.2 Å². The Hall–Kier alpha value is -1.64. The third kappa shape index (κ3) is 1.09. The van der Waals surface area contributed by atoms with Crippen molar-refractivity contribution in [3.05, 3.63) is 36.3 Å². The zero-order valence-electron chi connectivity index (χ0n) is 6.45. The first kappa shape index (κ1) is 7.03. The van der Waals surface area contributed by atoms with Gasteiger partial charge in [-0.15, -0.1) is 0 Å². The Morgan fingerprint density at radius 3 is 2.92 bits per heavy atom. The minimum atomic E-state index is 0.105. The number of nitrogens with zero attached hydrogens (tertiary/aromatic N) is 1. The van der Waals surface area contributed by atoms with E-state index in [0.717, 1.165) is 5.69 Å². The number of carbonyl (C=O) groups excluding carboxylic acids is 1. The molecule has 0 aliphatic carbocycles. The van der Waals surface area contributed by atoms with Crippen LogP contribution < -0.4 is 5.32 Å². The molecule has 1 aromatic heterocycles. The smallest absolute Gasteiger partial charge is 0.185 e. The van der Waals surface area contributed by atoms with Gasteiger partial charge in [0.15, 0.2) is 5.78 Å². The van der Waals surface area contributed by atoms with Crippen LogP contribution >= 0.6 is 0 Å². The highest BCUT2D eigenvalue weighted by Crippen LogP contribution is 2.13. The summed E-state index contributed by atoms with van der Waals surface area (Å²) in [6.45, 7) is 0.395. The lowest BCUT2D eigenvalue weighted by Gasteiger charge is -1.95. The number of nitrogens with one attached hydrogen (secondary N) is 1. The lowest BCUT2D eigenvalue weighted by atomic mass is 10.1. The van der Waals surface area contributed by atoms with Crippen LogP contribution in [0.3, 0.4) is 0 Å². The average molecular weight is 160 g/mol. The number of ketones is 1. The van der Waals surface area contributed by atoms with Crippen LogP contribution in [0.5, 0.6) is 0 Å². The van der Waals surface area contributed by atoms with Crippen molar-refractivity contribution in [1.29, 1.82) is 0 Å². The molecule has 0 saturated heterocycles. The maximum atomic E-state index is 11.2. The Kier molecular flexibility index (Phi) is 1.63. The van der Waals surface area contributed by atoms with Gasteiger partial charge in [-0.05, 0) is 12.1 Å². The molecule has 0 fully saturated rings. The lowest BCUT2D eigenvalue weighted by molar-refractivity contribution is -0.112. The Morgan fingerprint density at radius 1 is 1.42 bits per heavy atom. The molecule has 0 aromatic carbocycles. The Labute approximate surface area is 70.1 Å². The molecular formula is C9H8N2O. The fourth-order valence-corrected chi connectivity index (χ4v) is 1.16. The van der Waals surface area contributed by atoms with Crippen LogP contribution in [-0.2, 0) is 4.79 Å². The molecular weight excluding hydrogens is 152 g/mol. The van der Waals surface area contributed by atoms with Gasteiger partial charge >= 0.3 is 0 Å². The third-order valence-electron chi connectivity index (χ3n) is 1.75. The first-order chi connectivity index (χ1) is 5.88.